The lowest BCUT2D eigenvalue weighted by Crippen LogP contribution is -2.20. The summed E-state index contributed by atoms with van der Waals surface area (Å²) in [5, 5.41) is 14.5. The highest BCUT2D eigenvalue weighted by Gasteiger charge is 2.36. The number of benzene rings is 2. The Morgan fingerprint density at radius 2 is 2.03 bits per heavy atom. The molecule has 0 saturated heterocycles. The van der Waals surface area contributed by atoms with Gasteiger partial charge in [-0.05, 0) is 23.4 Å². The summed E-state index contributed by atoms with van der Waals surface area (Å²) in [6, 6.07) is 10.1. The minimum atomic E-state index is -0.758. The molecule has 12 nitrogen and oxygen atoms in total. The number of carbonyl (C=O) groups excluding carboxylic acids is 3. The monoisotopic (exact) mass is 452 g/mol. The molecule has 1 atom stereocenters. The van der Waals surface area contributed by atoms with E-state index in [0.717, 1.165) is 4.80 Å². The molecular formula is C21H20N6O6. The summed E-state index contributed by atoms with van der Waals surface area (Å²) in [6.45, 7) is -0.193. The smallest absolute Gasteiger partial charge is 0.343 e. The molecule has 1 aromatic heterocycles. The van der Waals surface area contributed by atoms with E-state index in [1.165, 1.54) is 14.2 Å². The van der Waals surface area contributed by atoms with Crippen molar-refractivity contribution in [3.8, 4) is 22.9 Å². The second kappa shape index (κ2) is 8.94. The number of fused-ring (bicyclic) bond motifs is 1. The SMILES string of the molecule is COc1ccc2c(c1OC)C(=O)O[C@H]2CC(=O)Nc1cccc(-c2nnn(CC(N)=O)n2)c1. The molecule has 0 fully saturated rings. The molecule has 2 heterocycles. The maximum atomic E-state index is 12.7. The van der Waals surface area contributed by atoms with Gasteiger partial charge in [0.05, 0.1) is 20.6 Å². The van der Waals surface area contributed by atoms with E-state index in [1.807, 2.05) is 0 Å². The van der Waals surface area contributed by atoms with Crippen LogP contribution in [0.15, 0.2) is 36.4 Å². The molecule has 0 radical (unpaired) electrons. The highest BCUT2D eigenvalue weighted by Crippen LogP contribution is 2.43. The van der Waals surface area contributed by atoms with E-state index in [9.17, 15) is 14.4 Å². The Balaban J connectivity index is 1.48. The molecule has 0 aliphatic carbocycles. The van der Waals surface area contributed by atoms with Crippen LogP contribution in [0.5, 0.6) is 11.5 Å². The van der Waals surface area contributed by atoms with Gasteiger partial charge in [-0.2, -0.15) is 4.80 Å². The first-order valence-corrected chi connectivity index (χ1v) is 9.82. The molecular weight excluding hydrogens is 432 g/mol. The molecule has 0 bridgehead atoms. The number of primary amides is 1. The molecule has 0 unspecified atom stereocenters. The fourth-order valence-corrected chi connectivity index (χ4v) is 3.51. The summed E-state index contributed by atoms with van der Waals surface area (Å²) in [5.74, 6) is -0.593. The van der Waals surface area contributed by atoms with Gasteiger partial charge in [-0.15, -0.1) is 10.2 Å². The molecule has 33 heavy (non-hydrogen) atoms. The van der Waals surface area contributed by atoms with Crippen molar-refractivity contribution in [2.75, 3.05) is 19.5 Å². The van der Waals surface area contributed by atoms with Crippen molar-refractivity contribution in [3.63, 3.8) is 0 Å². The number of methoxy groups -OCH3 is 2. The zero-order valence-electron chi connectivity index (χ0n) is 17.8. The first kappa shape index (κ1) is 21.7. The van der Waals surface area contributed by atoms with Crippen LogP contribution in [0.2, 0.25) is 0 Å². The van der Waals surface area contributed by atoms with Crippen LogP contribution in [0.3, 0.4) is 0 Å². The zero-order chi connectivity index (χ0) is 23.5. The van der Waals surface area contributed by atoms with Gasteiger partial charge in [0.25, 0.3) is 0 Å². The molecule has 0 spiro atoms. The first-order chi connectivity index (χ1) is 15.9. The van der Waals surface area contributed by atoms with Crippen molar-refractivity contribution in [2.24, 2.45) is 5.73 Å². The van der Waals surface area contributed by atoms with Crippen LogP contribution in [-0.4, -0.2) is 52.2 Å². The Bertz CT molecular complexity index is 1240. The lowest BCUT2D eigenvalue weighted by atomic mass is 10.0. The molecule has 1 aliphatic rings. The summed E-state index contributed by atoms with van der Waals surface area (Å²) < 4.78 is 15.9. The molecule has 2 amide bonds. The van der Waals surface area contributed by atoms with Crippen LogP contribution in [0, 0.1) is 0 Å². The van der Waals surface area contributed by atoms with E-state index in [0.29, 0.717) is 22.6 Å². The Morgan fingerprint density at radius 3 is 2.76 bits per heavy atom. The van der Waals surface area contributed by atoms with Gasteiger partial charge in [-0.25, -0.2) is 4.79 Å². The Hall–Kier alpha value is -4.48. The number of rotatable bonds is 8. The molecule has 2 aromatic carbocycles. The number of nitrogens with one attached hydrogen (secondary N) is 1. The molecule has 0 saturated carbocycles. The highest BCUT2D eigenvalue weighted by molar-refractivity contribution is 5.99. The van der Waals surface area contributed by atoms with Gasteiger partial charge in [0.15, 0.2) is 11.5 Å². The van der Waals surface area contributed by atoms with Gasteiger partial charge in [0.2, 0.25) is 17.6 Å². The largest absolute Gasteiger partial charge is 0.493 e. The van der Waals surface area contributed by atoms with E-state index in [1.54, 1.807) is 36.4 Å². The van der Waals surface area contributed by atoms with Crippen LogP contribution in [-0.2, 0) is 20.9 Å². The number of esters is 1. The molecule has 12 heteroatoms. The third kappa shape index (κ3) is 4.44. The van der Waals surface area contributed by atoms with Crippen LogP contribution in [0.4, 0.5) is 5.69 Å². The van der Waals surface area contributed by atoms with Crippen molar-refractivity contribution in [3.05, 3.63) is 47.5 Å². The number of ether oxygens (including phenoxy) is 3. The Labute approximate surface area is 187 Å². The van der Waals surface area contributed by atoms with Gasteiger partial charge in [-0.1, -0.05) is 18.2 Å². The van der Waals surface area contributed by atoms with Crippen molar-refractivity contribution >= 4 is 23.5 Å². The average Bonchev–Trinajstić information content (AvgIpc) is 3.37. The Morgan fingerprint density at radius 1 is 1.21 bits per heavy atom. The lowest BCUT2D eigenvalue weighted by Gasteiger charge is -2.13. The van der Waals surface area contributed by atoms with E-state index in [2.05, 4.69) is 20.7 Å². The van der Waals surface area contributed by atoms with E-state index < -0.39 is 18.0 Å². The summed E-state index contributed by atoms with van der Waals surface area (Å²) in [7, 11) is 2.90. The number of aromatic nitrogens is 4. The fraction of sp³-hybridized carbons (Fsp3) is 0.238. The predicted molar refractivity (Wildman–Crippen MR) is 113 cm³/mol. The lowest BCUT2D eigenvalue weighted by molar-refractivity contribution is -0.119. The molecule has 3 N–H and O–H groups in total. The first-order valence-electron chi connectivity index (χ1n) is 9.82. The summed E-state index contributed by atoms with van der Waals surface area (Å²) in [6.07, 6.45) is -0.850. The average molecular weight is 452 g/mol. The van der Waals surface area contributed by atoms with Crippen molar-refractivity contribution in [2.45, 2.75) is 19.1 Å². The number of cyclic esters (lactones) is 1. The van der Waals surface area contributed by atoms with Gasteiger partial charge < -0.3 is 25.3 Å². The predicted octanol–water partition coefficient (Wildman–Crippen LogP) is 1.08. The van der Waals surface area contributed by atoms with E-state index >= 15 is 0 Å². The zero-order valence-corrected chi connectivity index (χ0v) is 17.8. The van der Waals surface area contributed by atoms with E-state index in [4.69, 9.17) is 19.9 Å². The maximum Gasteiger partial charge on any atom is 0.343 e. The van der Waals surface area contributed by atoms with Crippen molar-refractivity contribution in [1.29, 1.82) is 0 Å². The van der Waals surface area contributed by atoms with Gasteiger partial charge >= 0.3 is 5.97 Å². The van der Waals surface area contributed by atoms with Gasteiger partial charge in [-0.3, -0.25) is 9.59 Å². The van der Waals surface area contributed by atoms with Crippen LogP contribution >= 0.6 is 0 Å². The van der Waals surface area contributed by atoms with Gasteiger partial charge in [0, 0.05) is 16.8 Å². The van der Waals surface area contributed by atoms with Gasteiger partial charge in [0.1, 0.15) is 18.2 Å². The standard InChI is InChI=1S/C21H20N6O6/c1-31-14-7-6-13-15(33-21(30)18(13)19(14)32-2)9-17(29)23-12-5-3-4-11(8-12)20-24-26-27(25-20)10-16(22)28/h3-8,15H,9-10H2,1-2H3,(H2,22,28)(H,23,29)/t15-/m0/s1. The highest BCUT2D eigenvalue weighted by atomic mass is 16.6. The minimum absolute atomic E-state index is 0.0918. The number of anilines is 1. The second-order valence-electron chi connectivity index (χ2n) is 7.10. The third-order valence-corrected chi connectivity index (χ3v) is 4.90. The molecule has 1 aliphatic heterocycles. The fourth-order valence-electron chi connectivity index (χ4n) is 3.51. The van der Waals surface area contributed by atoms with E-state index in [-0.39, 0.29) is 36.0 Å². The Kier molecular flexibility index (Phi) is 5.89. The second-order valence-corrected chi connectivity index (χ2v) is 7.10. The van der Waals surface area contributed by atoms with Crippen LogP contribution in [0.25, 0.3) is 11.4 Å². The number of nitrogens with two attached hydrogens (primary N) is 1. The number of nitrogens with zero attached hydrogens (tertiary/aromatic N) is 4. The van der Waals surface area contributed by atoms with Crippen molar-refractivity contribution in [1.82, 2.24) is 20.2 Å². The van der Waals surface area contributed by atoms with Crippen molar-refractivity contribution < 1.29 is 28.6 Å². The molecule has 3 aromatic rings. The third-order valence-electron chi connectivity index (χ3n) is 4.90. The number of tetrazole rings is 1. The summed E-state index contributed by atoms with van der Waals surface area (Å²) >= 11 is 0. The number of carbonyl (C=O) groups is 3. The quantitative estimate of drug-likeness (QED) is 0.477. The number of hydrogen-bond acceptors (Lipinski definition) is 9. The van der Waals surface area contributed by atoms with Crippen LogP contribution in [0.1, 0.15) is 28.4 Å². The minimum Gasteiger partial charge on any atom is -0.493 e. The number of amides is 2. The molecule has 170 valence electrons. The number of hydrogen-bond donors (Lipinski definition) is 2. The summed E-state index contributed by atoms with van der Waals surface area (Å²) in [5.41, 5.74) is 7.00. The van der Waals surface area contributed by atoms with Crippen LogP contribution < -0.4 is 20.5 Å². The summed E-state index contributed by atoms with van der Waals surface area (Å²) in [4.78, 5) is 37.2. The normalized spacial score (nSPS) is 14.4. The maximum absolute atomic E-state index is 12.7. The molecule has 4 rings (SSSR count). The topological polar surface area (TPSA) is 161 Å².